The van der Waals surface area contributed by atoms with Crippen LogP contribution in [0.1, 0.15) is 17.2 Å². The van der Waals surface area contributed by atoms with Gasteiger partial charge in [0.05, 0.1) is 11.7 Å². The van der Waals surface area contributed by atoms with Gasteiger partial charge in [-0.1, -0.05) is 12.1 Å². The zero-order valence-corrected chi connectivity index (χ0v) is 9.68. The van der Waals surface area contributed by atoms with Crippen LogP contribution >= 0.6 is 0 Å². The SMILES string of the molecule is Cc1ccc2c(c1)NC(c1cccnc1)CO2. The molecule has 3 heteroatoms. The summed E-state index contributed by atoms with van der Waals surface area (Å²) in [6.45, 7) is 2.72. The third kappa shape index (κ3) is 1.96. The smallest absolute Gasteiger partial charge is 0.142 e. The molecule has 17 heavy (non-hydrogen) atoms. The first-order chi connectivity index (χ1) is 8.33. The fourth-order valence-corrected chi connectivity index (χ4v) is 2.05. The Balaban J connectivity index is 1.90. The van der Waals surface area contributed by atoms with Crippen molar-refractivity contribution in [3.8, 4) is 5.75 Å². The van der Waals surface area contributed by atoms with Crippen LogP contribution in [0.25, 0.3) is 0 Å². The molecular weight excluding hydrogens is 212 g/mol. The van der Waals surface area contributed by atoms with E-state index in [-0.39, 0.29) is 6.04 Å². The number of ether oxygens (including phenoxy) is 1. The van der Waals surface area contributed by atoms with Crippen LogP contribution in [0.5, 0.6) is 5.75 Å². The van der Waals surface area contributed by atoms with Gasteiger partial charge in [-0.2, -0.15) is 0 Å². The molecule has 2 heterocycles. The van der Waals surface area contributed by atoms with Crippen LogP contribution in [-0.4, -0.2) is 11.6 Å². The number of hydrogen-bond donors (Lipinski definition) is 1. The standard InChI is InChI=1S/C14H14N2O/c1-10-4-5-14-12(7-10)16-13(9-17-14)11-3-2-6-15-8-11/h2-8,13,16H,9H2,1H3. The molecule has 0 aliphatic carbocycles. The van der Waals surface area contributed by atoms with E-state index in [0.29, 0.717) is 6.61 Å². The summed E-state index contributed by atoms with van der Waals surface area (Å²) in [6.07, 6.45) is 3.66. The minimum absolute atomic E-state index is 0.179. The van der Waals surface area contributed by atoms with Crippen molar-refractivity contribution in [2.24, 2.45) is 0 Å². The third-order valence-electron chi connectivity index (χ3n) is 2.96. The molecule has 0 amide bonds. The number of anilines is 1. The molecule has 2 aromatic rings. The third-order valence-corrected chi connectivity index (χ3v) is 2.96. The lowest BCUT2D eigenvalue weighted by molar-refractivity contribution is 0.286. The molecule has 0 fully saturated rings. The van der Waals surface area contributed by atoms with E-state index in [0.717, 1.165) is 17.0 Å². The molecule has 1 aromatic carbocycles. The molecule has 1 unspecified atom stereocenters. The monoisotopic (exact) mass is 226 g/mol. The van der Waals surface area contributed by atoms with Gasteiger partial charge in [-0.3, -0.25) is 4.98 Å². The first kappa shape index (κ1) is 10.1. The highest BCUT2D eigenvalue weighted by Crippen LogP contribution is 2.33. The second-order valence-electron chi connectivity index (χ2n) is 4.29. The molecule has 0 spiro atoms. The average Bonchev–Trinajstić information content (AvgIpc) is 2.39. The molecule has 0 radical (unpaired) electrons. The van der Waals surface area contributed by atoms with Gasteiger partial charge in [0.25, 0.3) is 0 Å². The summed E-state index contributed by atoms with van der Waals surface area (Å²) in [5.41, 5.74) is 3.44. The van der Waals surface area contributed by atoms with Crippen molar-refractivity contribution >= 4 is 5.69 Å². The van der Waals surface area contributed by atoms with Gasteiger partial charge in [0.1, 0.15) is 12.4 Å². The summed E-state index contributed by atoms with van der Waals surface area (Å²) in [6, 6.07) is 10.4. The topological polar surface area (TPSA) is 34.2 Å². The number of pyridine rings is 1. The highest BCUT2D eigenvalue weighted by molar-refractivity contribution is 5.60. The molecule has 1 aliphatic rings. The summed E-state index contributed by atoms with van der Waals surface area (Å²) in [7, 11) is 0. The highest BCUT2D eigenvalue weighted by Gasteiger charge is 2.20. The first-order valence-electron chi connectivity index (χ1n) is 5.73. The number of hydrogen-bond acceptors (Lipinski definition) is 3. The highest BCUT2D eigenvalue weighted by atomic mass is 16.5. The van der Waals surface area contributed by atoms with E-state index in [4.69, 9.17) is 4.74 Å². The molecule has 0 saturated carbocycles. The average molecular weight is 226 g/mol. The fraction of sp³-hybridized carbons (Fsp3) is 0.214. The number of benzene rings is 1. The van der Waals surface area contributed by atoms with Gasteiger partial charge in [0, 0.05) is 12.4 Å². The molecule has 1 aromatic heterocycles. The van der Waals surface area contributed by atoms with E-state index in [1.165, 1.54) is 5.56 Å². The van der Waals surface area contributed by atoms with Gasteiger partial charge in [0.15, 0.2) is 0 Å². The minimum Gasteiger partial charge on any atom is -0.489 e. The maximum atomic E-state index is 5.76. The van der Waals surface area contributed by atoms with Gasteiger partial charge in [-0.25, -0.2) is 0 Å². The van der Waals surface area contributed by atoms with Crippen molar-refractivity contribution in [2.45, 2.75) is 13.0 Å². The number of rotatable bonds is 1. The lowest BCUT2D eigenvalue weighted by atomic mass is 10.1. The largest absolute Gasteiger partial charge is 0.489 e. The summed E-state index contributed by atoms with van der Waals surface area (Å²) in [5, 5.41) is 3.49. The quantitative estimate of drug-likeness (QED) is 0.811. The van der Waals surface area contributed by atoms with Crippen LogP contribution in [-0.2, 0) is 0 Å². The van der Waals surface area contributed by atoms with Crippen LogP contribution in [0.4, 0.5) is 5.69 Å². The molecular formula is C14H14N2O. The van der Waals surface area contributed by atoms with Gasteiger partial charge in [-0.15, -0.1) is 0 Å². The zero-order valence-electron chi connectivity index (χ0n) is 9.68. The fourth-order valence-electron chi connectivity index (χ4n) is 2.05. The summed E-state index contributed by atoms with van der Waals surface area (Å²) in [4.78, 5) is 4.14. The molecule has 1 atom stereocenters. The number of fused-ring (bicyclic) bond motifs is 1. The van der Waals surface area contributed by atoms with Crippen LogP contribution < -0.4 is 10.1 Å². The molecule has 3 nitrogen and oxygen atoms in total. The van der Waals surface area contributed by atoms with Crippen molar-refractivity contribution in [3.05, 3.63) is 53.9 Å². The Bertz CT molecular complexity index is 525. The lowest BCUT2D eigenvalue weighted by Crippen LogP contribution is -2.24. The maximum absolute atomic E-state index is 5.76. The van der Waals surface area contributed by atoms with E-state index in [1.54, 1.807) is 6.20 Å². The second-order valence-corrected chi connectivity index (χ2v) is 4.29. The predicted octanol–water partition coefficient (Wildman–Crippen LogP) is 2.94. The lowest BCUT2D eigenvalue weighted by Gasteiger charge is -2.27. The van der Waals surface area contributed by atoms with Gasteiger partial charge in [-0.05, 0) is 36.2 Å². The normalized spacial score (nSPS) is 17.8. The van der Waals surface area contributed by atoms with Crippen LogP contribution in [0, 0.1) is 6.92 Å². The van der Waals surface area contributed by atoms with Crippen LogP contribution in [0.15, 0.2) is 42.7 Å². The zero-order chi connectivity index (χ0) is 11.7. The van der Waals surface area contributed by atoms with Crippen molar-refractivity contribution in [1.82, 2.24) is 4.98 Å². The minimum atomic E-state index is 0.179. The maximum Gasteiger partial charge on any atom is 0.142 e. The molecule has 0 bridgehead atoms. The van der Waals surface area contributed by atoms with Crippen molar-refractivity contribution in [3.63, 3.8) is 0 Å². The Hall–Kier alpha value is -2.03. The Morgan fingerprint density at radius 3 is 3.12 bits per heavy atom. The summed E-state index contributed by atoms with van der Waals surface area (Å²) < 4.78 is 5.76. The van der Waals surface area contributed by atoms with E-state index in [1.807, 2.05) is 18.3 Å². The summed E-state index contributed by atoms with van der Waals surface area (Å²) >= 11 is 0. The molecule has 1 aliphatic heterocycles. The second kappa shape index (κ2) is 4.09. The van der Waals surface area contributed by atoms with E-state index in [2.05, 4.69) is 35.4 Å². The van der Waals surface area contributed by atoms with Crippen LogP contribution in [0.3, 0.4) is 0 Å². The predicted molar refractivity (Wildman–Crippen MR) is 67.3 cm³/mol. The Morgan fingerprint density at radius 1 is 1.35 bits per heavy atom. The van der Waals surface area contributed by atoms with E-state index < -0.39 is 0 Å². The number of nitrogens with one attached hydrogen (secondary N) is 1. The first-order valence-corrected chi connectivity index (χ1v) is 5.73. The van der Waals surface area contributed by atoms with Crippen LogP contribution in [0.2, 0.25) is 0 Å². The van der Waals surface area contributed by atoms with E-state index >= 15 is 0 Å². The number of aryl methyl sites for hydroxylation is 1. The molecule has 86 valence electrons. The molecule has 3 rings (SSSR count). The van der Waals surface area contributed by atoms with Gasteiger partial charge >= 0.3 is 0 Å². The summed E-state index contributed by atoms with van der Waals surface area (Å²) in [5.74, 6) is 0.927. The Labute approximate surface area is 100 Å². The van der Waals surface area contributed by atoms with Gasteiger partial charge in [0.2, 0.25) is 0 Å². The van der Waals surface area contributed by atoms with E-state index in [9.17, 15) is 0 Å². The molecule has 1 N–H and O–H groups in total. The van der Waals surface area contributed by atoms with Crippen molar-refractivity contribution < 1.29 is 4.74 Å². The van der Waals surface area contributed by atoms with Gasteiger partial charge < -0.3 is 10.1 Å². The number of nitrogens with zero attached hydrogens (tertiary/aromatic N) is 1. The van der Waals surface area contributed by atoms with Crippen molar-refractivity contribution in [1.29, 1.82) is 0 Å². The number of aromatic nitrogens is 1. The Morgan fingerprint density at radius 2 is 2.29 bits per heavy atom. The molecule has 0 saturated heterocycles. The Kier molecular flexibility index (Phi) is 2.44. The van der Waals surface area contributed by atoms with Crippen molar-refractivity contribution in [2.75, 3.05) is 11.9 Å².